The highest BCUT2D eigenvalue weighted by atomic mass is 31.1. The molecule has 1 fully saturated rings. The van der Waals surface area contributed by atoms with E-state index in [2.05, 4.69) is 19.1 Å². The number of hydrogen-bond acceptors (Lipinski definition) is 4. The van der Waals surface area contributed by atoms with E-state index in [0.717, 1.165) is 12.8 Å². The predicted molar refractivity (Wildman–Crippen MR) is 112 cm³/mol. The van der Waals surface area contributed by atoms with Crippen LogP contribution in [0, 0.1) is 5.92 Å². The first-order chi connectivity index (χ1) is 13.2. The van der Waals surface area contributed by atoms with Crippen LogP contribution in [0.25, 0.3) is 0 Å². The first-order valence-electron chi connectivity index (χ1n) is 11.1. The third-order valence-corrected chi connectivity index (χ3v) is 6.24. The van der Waals surface area contributed by atoms with Gasteiger partial charge in [-0.15, -0.1) is 4.52 Å². The molecule has 0 saturated carbocycles. The molecule has 2 atom stereocenters. The summed E-state index contributed by atoms with van der Waals surface area (Å²) in [6, 6.07) is 0. The van der Waals surface area contributed by atoms with Crippen LogP contribution in [-0.4, -0.2) is 25.3 Å². The largest absolute Gasteiger partial charge is 0.508 e. The van der Waals surface area contributed by atoms with Crippen LogP contribution in [0.4, 0.5) is 0 Å². The third-order valence-electron chi connectivity index (χ3n) is 4.98. The Bertz CT molecular complexity index is 423. The zero-order valence-electron chi connectivity index (χ0n) is 17.3. The molecule has 27 heavy (non-hydrogen) atoms. The van der Waals surface area contributed by atoms with Crippen molar-refractivity contribution in [2.24, 2.45) is 5.92 Å². The van der Waals surface area contributed by atoms with Crippen molar-refractivity contribution in [3.05, 3.63) is 12.2 Å². The highest BCUT2D eigenvalue weighted by Gasteiger charge is 2.35. The van der Waals surface area contributed by atoms with Gasteiger partial charge < -0.3 is 4.74 Å². The van der Waals surface area contributed by atoms with Crippen molar-refractivity contribution < 1.29 is 18.6 Å². The summed E-state index contributed by atoms with van der Waals surface area (Å²) in [4.78, 5) is 11.7. The molecule has 1 heterocycles. The van der Waals surface area contributed by atoms with E-state index in [-0.39, 0.29) is 11.9 Å². The molecule has 0 aromatic rings. The van der Waals surface area contributed by atoms with E-state index in [1.165, 1.54) is 70.6 Å². The Morgan fingerprint density at radius 2 is 1.56 bits per heavy atom. The zero-order valence-corrected chi connectivity index (χ0v) is 18.2. The third kappa shape index (κ3) is 14.9. The maximum atomic E-state index is 11.7. The molecule has 2 unspecified atom stereocenters. The molecule has 1 saturated heterocycles. The van der Waals surface area contributed by atoms with E-state index in [9.17, 15) is 9.36 Å². The van der Waals surface area contributed by atoms with E-state index >= 15 is 0 Å². The lowest BCUT2D eigenvalue weighted by Crippen LogP contribution is -2.15. The van der Waals surface area contributed by atoms with Crippen molar-refractivity contribution in [2.45, 2.75) is 96.8 Å². The highest BCUT2D eigenvalue weighted by Crippen LogP contribution is 2.33. The van der Waals surface area contributed by atoms with Crippen LogP contribution in [0.1, 0.15) is 96.8 Å². The quantitative estimate of drug-likeness (QED) is 0.115. The fourth-order valence-corrected chi connectivity index (χ4v) is 4.34. The molecule has 0 aromatic carbocycles. The Hall–Kier alpha value is -0.730. The van der Waals surface area contributed by atoms with Crippen LogP contribution in [0.2, 0.25) is 0 Å². The fraction of sp³-hybridized carbons (Fsp3) is 0.864. The average molecular weight is 400 g/mol. The summed E-state index contributed by atoms with van der Waals surface area (Å²) in [7, 11) is -1.51. The van der Waals surface area contributed by atoms with Gasteiger partial charge in [0.2, 0.25) is 0 Å². The van der Waals surface area contributed by atoms with Gasteiger partial charge >= 0.3 is 14.0 Å². The topological polar surface area (TPSA) is 52.6 Å². The van der Waals surface area contributed by atoms with Gasteiger partial charge in [0.05, 0.1) is 5.92 Å². The lowest BCUT2D eigenvalue weighted by atomic mass is 10.1. The normalized spacial score (nSPS) is 18.4. The Balaban J connectivity index is 1.78. The summed E-state index contributed by atoms with van der Waals surface area (Å²) in [6.45, 7) is 3.07. The number of carbonyl (C=O) groups is 1. The van der Waals surface area contributed by atoms with Gasteiger partial charge in [0.1, 0.15) is 13.2 Å². The van der Waals surface area contributed by atoms with Crippen LogP contribution in [0.5, 0.6) is 0 Å². The van der Waals surface area contributed by atoms with E-state index < -0.39 is 8.03 Å². The van der Waals surface area contributed by atoms with E-state index in [4.69, 9.17) is 9.26 Å². The van der Waals surface area contributed by atoms with Crippen LogP contribution < -0.4 is 0 Å². The number of carbonyl (C=O) groups excluding carboxylic acids is 1. The molecule has 0 N–H and O–H groups in total. The van der Waals surface area contributed by atoms with Crippen molar-refractivity contribution in [3.8, 4) is 0 Å². The Morgan fingerprint density at radius 3 is 2.15 bits per heavy atom. The van der Waals surface area contributed by atoms with Crippen molar-refractivity contribution in [1.29, 1.82) is 0 Å². The fourth-order valence-electron chi connectivity index (χ4n) is 3.23. The number of esters is 1. The van der Waals surface area contributed by atoms with Gasteiger partial charge in [0.25, 0.3) is 0 Å². The molecule has 1 aliphatic heterocycles. The van der Waals surface area contributed by atoms with Gasteiger partial charge in [-0.2, -0.15) is 0 Å². The molecule has 1 aliphatic rings. The Labute approximate surface area is 167 Å². The summed E-state index contributed by atoms with van der Waals surface area (Å²) >= 11 is 0. The second-order valence-electron chi connectivity index (χ2n) is 7.69. The zero-order chi connectivity index (χ0) is 19.6. The van der Waals surface area contributed by atoms with Gasteiger partial charge in [-0.3, -0.25) is 4.79 Å². The summed E-state index contributed by atoms with van der Waals surface area (Å²) in [5.41, 5.74) is 0. The standard InChI is InChI=1S/C22H40O4P/c1-2-3-4-5-6-7-8-9-10-11-12-13-14-15-16-17-22(23)25-18-21-19-26-27(24)20-21/h9-10,21H,2-8,11-20H2,1H3/q+1/b10-9-. The second-order valence-corrected chi connectivity index (χ2v) is 8.98. The van der Waals surface area contributed by atoms with Crippen molar-refractivity contribution >= 4 is 14.0 Å². The molecule has 0 aliphatic carbocycles. The number of rotatable bonds is 17. The van der Waals surface area contributed by atoms with Crippen LogP contribution in [0.3, 0.4) is 0 Å². The minimum atomic E-state index is -1.51. The Morgan fingerprint density at radius 1 is 0.963 bits per heavy atom. The van der Waals surface area contributed by atoms with Crippen LogP contribution >= 0.6 is 8.03 Å². The molecule has 0 radical (unpaired) electrons. The van der Waals surface area contributed by atoms with Crippen molar-refractivity contribution in [2.75, 3.05) is 19.4 Å². The minimum Gasteiger partial charge on any atom is -0.465 e. The summed E-state index contributed by atoms with van der Waals surface area (Å²) in [5, 5.41) is 0. The monoisotopic (exact) mass is 399 g/mol. The van der Waals surface area contributed by atoms with E-state index in [1.54, 1.807) is 0 Å². The molecule has 1 rings (SSSR count). The van der Waals surface area contributed by atoms with E-state index in [0.29, 0.717) is 25.8 Å². The second kappa shape index (κ2) is 17.4. The first-order valence-corrected chi connectivity index (χ1v) is 12.5. The highest BCUT2D eigenvalue weighted by molar-refractivity contribution is 7.39. The molecule has 5 heteroatoms. The SMILES string of the molecule is CCCCCCCC/C=C\CCCCCCCC(=O)OCC1CO[P+](=O)C1. The van der Waals surface area contributed by atoms with Gasteiger partial charge in [0.15, 0.2) is 6.16 Å². The lowest BCUT2D eigenvalue weighted by molar-refractivity contribution is -0.145. The van der Waals surface area contributed by atoms with Crippen molar-refractivity contribution in [1.82, 2.24) is 0 Å². The summed E-state index contributed by atoms with van der Waals surface area (Å²) < 4.78 is 21.3. The number of hydrogen-bond donors (Lipinski definition) is 0. The molecule has 156 valence electrons. The molecule has 0 bridgehead atoms. The maximum Gasteiger partial charge on any atom is 0.508 e. The average Bonchev–Trinajstić information content (AvgIpc) is 3.08. The number of ether oxygens (including phenoxy) is 1. The van der Waals surface area contributed by atoms with Crippen molar-refractivity contribution in [3.63, 3.8) is 0 Å². The smallest absolute Gasteiger partial charge is 0.465 e. The maximum absolute atomic E-state index is 11.7. The summed E-state index contributed by atoms with van der Waals surface area (Å²) in [6.07, 6.45) is 22.0. The Kier molecular flexibility index (Phi) is 15.6. The van der Waals surface area contributed by atoms with Gasteiger partial charge in [-0.25, -0.2) is 0 Å². The predicted octanol–water partition coefficient (Wildman–Crippen LogP) is 6.96. The molecule has 0 aromatic heterocycles. The van der Waals surface area contributed by atoms with Gasteiger partial charge in [-0.1, -0.05) is 70.4 Å². The summed E-state index contributed by atoms with van der Waals surface area (Å²) in [5.74, 6) is -0.0126. The van der Waals surface area contributed by atoms with Gasteiger partial charge in [-0.05, 0) is 36.7 Å². The number of allylic oxidation sites excluding steroid dienone is 2. The molecule has 0 spiro atoms. The molecule has 0 amide bonds. The van der Waals surface area contributed by atoms with Crippen LogP contribution in [0.15, 0.2) is 12.2 Å². The molecular formula is C22H40O4P+. The number of unbranched alkanes of at least 4 members (excludes halogenated alkanes) is 11. The minimum absolute atomic E-state index is 0.117. The first kappa shape index (κ1) is 24.3. The lowest BCUT2D eigenvalue weighted by Gasteiger charge is -2.06. The van der Waals surface area contributed by atoms with E-state index in [1.807, 2.05) is 0 Å². The molecule has 4 nitrogen and oxygen atoms in total. The van der Waals surface area contributed by atoms with Gasteiger partial charge in [0, 0.05) is 6.42 Å². The molecular weight excluding hydrogens is 359 g/mol. The van der Waals surface area contributed by atoms with Crippen LogP contribution in [-0.2, 0) is 18.6 Å².